The Morgan fingerprint density at radius 3 is 2.89 bits per heavy atom. The Balaban J connectivity index is 2.15. The summed E-state index contributed by atoms with van der Waals surface area (Å²) in [4.78, 5) is 8.68. The SMILES string of the molecule is CNC1CCc2c(-c3nccnc3OC)cccc21. The third-order valence-electron chi connectivity index (χ3n) is 3.73. The summed E-state index contributed by atoms with van der Waals surface area (Å²) < 4.78 is 5.32. The number of rotatable bonds is 3. The summed E-state index contributed by atoms with van der Waals surface area (Å²) in [6, 6.07) is 6.81. The average Bonchev–Trinajstić information content (AvgIpc) is 2.90. The number of hydrogen-bond acceptors (Lipinski definition) is 4. The van der Waals surface area contributed by atoms with Crippen LogP contribution in [0.1, 0.15) is 23.6 Å². The number of fused-ring (bicyclic) bond motifs is 1. The van der Waals surface area contributed by atoms with Crippen LogP contribution in [0.5, 0.6) is 5.88 Å². The first kappa shape index (κ1) is 12.1. The Morgan fingerprint density at radius 2 is 2.11 bits per heavy atom. The molecule has 2 aromatic rings. The Bertz CT molecular complexity index is 598. The normalized spacial score (nSPS) is 17.3. The van der Waals surface area contributed by atoms with Gasteiger partial charge in [-0.25, -0.2) is 9.97 Å². The van der Waals surface area contributed by atoms with Gasteiger partial charge in [0.15, 0.2) is 0 Å². The molecule has 3 rings (SSSR count). The van der Waals surface area contributed by atoms with Gasteiger partial charge in [0, 0.05) is 24.0 Å². The van der Waals surface area contributed by atoms with E-state index in [-0.39, 0.29) is 0 Å². The third kappa shape index (κ3) is 1.98. The quantitative estimate of drug-likeness (QED) is 0.914. The summed E-state index contributed by atoms with van der Waals surface area (Å²) in [5.41, 5.74) is 4.70. The lowest BCUT2D eigenvalue weighted by Crippen LogP contribution is -2.12. The van der Waals surface area contributed by atoms with Gasteiger partial charge < -0.3 is 10.1 Å². The first-order chi connectivity index (χ1) is 9.35. The van der Waals surface area contributed by atoms with E-state index in [4.69, 9.17) is 4.74 Å². The van der Waals surface area contributed by atoms with Gasteiger partial charge in [-0.15, -0.1) is 0 Å². The van der Waals surface area contributed by atoms with E-state index in [2.05, 4.69) is 33.5 Å². The van der Waals surface area contributed by atoms with E-state index >= 15 is 0 Å². The topological polar surface area (TPSA) is 47.0 Å². The first-order valence-corrected chi connectivity index (χ1v) is 6.49. The highest BCUT2D eigenvalue weighted by Crippen LogP contribution is 2.38. The van der Waals surface area contributed by atoms with Crippen LogP contribution in [0.2, 0.25) is 0 Å². The van der Waals surface area contributed by atoms with Crippen molar-refractivity contribution in [3.63, 3.8) is 0 Å². The lowest BCUT2D eigenvalue weighted by Gasteiger charge is -2.12. The summed E-state index contributed by atoms with van der Waals surface area (Å²) >= 11 is 0. The summed E-state index contributed by atoms with van der Waals surface area (Å²) in [5, 5.41) is 3.36. The molecular formula is C15H17N3O. The number of benzene rings is 1. The molecule has 0 radical (unpaired) electrons. The van der Waals surface area contributed by atoms with Gasteiger partial charge in [0.2, 0.25) is 5.88 Å². The summed E-state index contributed by atoms with van der Waals surface area (Å²) in [5.74, 6) is 0.587. The molecule has 1 unspecified atom stereocenters. The van der Waals surface area contributed by atoms with Crippen LogP contribution < -0.4 is 10.1 Å². The predicted octanol–water partition coefficient (Wildman–Crippen LogP) is 2.36. The van der Waals surface area contributed by atoms with E-state index in [1.54, 1.807) is 19.5 Å². The van der Waals surface area contributed by atoms with Crippen molar-refractivity contribution in [2.75, 3.05) is 14.2 Å². The van der Waals surface area contributed by atoms with Crippen LogP contribution in [0.3, 0.4) is 0 Å². The highest BCUT2D eigenvalue weighted by molar-refractivity contribution is 5.70. The van der Waals surface area contributed by atoms with Crippen LogP contribution in [0.15, 0.2) is 30.6 Å². The van der Waals surface area contributed by atoms with Gasteiger partial charge in [-0.2, -0.15) is 0 Å². The minimum Gasteiger partial charge on any atom is -0.479 e. The Kier molecular flexibility index (Phi) is 3.17. The zero-order chi connectivity index (χ0) is 13.2. The molecule has 0 amide bonds. The number of aromatic nitrogens is 2. The van der Waals surface area contributed by atoms with Crippen molar-refractivity contribution in [3.8, 4) is 17.1 Å². The van der Waals surface area contributed by atoms with Crippen molar-refractivity contribution in [3.05, 3.63) is 41.7 Å². The van der Waals surface area contributed by atoms with E-state index in [0.29, 0.717) is 11.9 Å². The van der Waals surface area contributed by atoms with Gasteiger partial charge >= 0.3 is 0 Å². The van der Waals surface area contributed by atoms with E-state index in [1.807, 2.05) is 7.05 Å². The van der Waals surface area contributed by atoms with Gasteiger partial charge in [0.1, 0.15) is 5.69 Å². The number of hydrogen-bond donors (Lipinski definition) is 1. The van der Waals surface area contributed by atoms with Crippen LogP contribution in [0, 0.1) is 0 Å². The van der Waals surface area contributed by atoms with E-state index < -0.39 is 0 Å². The van der Waals surface area contributed by atoms with E-state index in [9.17, 15) is 0 Å². The highest BCUT2D eigenvalue weighted by Gasteiger charge is 2.25. The zero-order valence-electron chi connectivity index (χ0n) is 11.2. The summed E-state index contributed by atoms with van der Waals surface area (Å²) in [6.07, 6.45) is 5.56. The second kappa shape index (κ2) is 4.97. The van der Waals surface area contributed by atoms with Crippen LogP contribution in [-0.4, -0.2) is 24.1 Å². The monoisotopic (exact) mass is 255 g/mol. The minimum atomic E-state index is 0.442. The molecule has 0 saturated heterocycles. The molecule has 1 atom stereocenters. The molecular weight excluding hydrogens is 238 g/mol. The molecule has 1 aliphatic rings. The minimum absolute atomic E-state index is 0.442. The van der Waals surface area contributed by atoms with Crippen LogP contribution in [0.25, 0.3) is 11.3 Å². The zero-order valence-corrected chi connectivity index (χ0v) is 11.2. The predicted molar refractivity (Wildman–Crippen MR) is 74.1 cm³/mol. The van der Waals surface area contributed by atoms with E-state index in [0.717, 1.165) is 24.1 Å². The summed E-state index contributed by atoms with van der Waals surface area (Å²) in [7, 11) is 3.64. The Labute approximate surface area is 112 Å². The summed E-state index contributed by atoms with van der Waals surface area (Å²) in [6.45, 7) is 0. The number of nitrogens with one attached hydrogen (secondary N) is 1. The maximum absolute atomic E-state index is 5.32. The van der Waals surface area contributed by atoms with Gasteiger partial charge in [-0.05, 0) is 31.0 Å². The molecule has 1 heterocycles. The average molecular weight is 255 g/mol. The molecule has 1 N–H and O–H groups in total. The molecule has 98 valence electrons. The molecule has 4 nitrogen and oxygen atoms in total. The number of ether oxygens (including phenoxy) is 1. The third-order valence-corrected chi connectivity index (χ3v) is 3.73. The van der Waals surface area contributed by atoms with Gasteiger partial charge in [0.25, 0.3) is 0 Å². The standard InChI is InChI=1S/C15H17N3O/c1-16-13-7-6-10-11(13)4-3-5-12(10)14-15(19-2)18-9-8-17-14/h3-5,8-9,13,16H,6-7H2,1-2H3. The van der Waals surface area contributed by atoms with Gasteiger partial charge in [-0.3, -0.25) is 0 Å². The van der Waals surface area contributed by atoms with E-state index in [1.165, 1.54) is 11.1 Å². The second-order valence-corrected chi connectivity index (χ2v) is 4.67. The maximum atomic E-state index is 5.32. The maximum Gasteiger partial charge on any atom is 0.240 e. The first-order valence-electron chi connectivity index (χ1n) is 6.49. The van der Waals surface area contributed by atoms with Crippen molar-refractivity contribution in [2.24, 2.45) is 0 Å². The highest BCUT2D eigenvalue weighted by atomic mass is 16.5. The largest absolute Gasteiger partial charge is 0.479 e. The van der Waals surface area contributed by atoms with Crippen LogP contribution in [0.4, 0.5) is 0 Å². The molecule has 1 aromatic heterocycles. The lowest BCUT2D eigenvalue weighted by atomic mass is 10.00. The lowest BCUT2D eigenvalue weighted by molar-refractivity contribution is 0.397. The van der Waals surface area contributed by atoms with Crippen molar-refractivity contribution >= 4 is 0 Å². The molecule has 4 heteroatoms. The molecule has 0 saturated carbocycles. The molecule has 1 aromatic carbocycles. The molecule has 0 spiro atoms. The van der Waals surface area contributed by atoms with Crippen molar-refractivity contribution < 1.29 is 4.74 Å². The van der Waals surface area contributed by atoms with Crippen molar-refractivity contribution in [1.29, 1.82) is 0 Å². The molecule has 0 fully saturated rings. The molecule has 1 aliphatic carbocycles. The molecule has 0 bridgehead atoms. The van der Waals surface area contributed by atoms with Crippen molar-refractivity contribution in [2.45, 2.75) is 18.9 Å². The van der Waals surface area contributed by atoms with Gasteiger partial charge in [-0.1, -0.05) is 18.2 Å². The van der Waals surface area contributed by atoms with Crippen LogP contribution in [-0.2, 0) is 6.42 Å². The Hall–Kier alpha value is -1.94. The van der Waals surface area contributed by atoms with Gasteiger partial charge in [0.05, 0.1) is 7.11 Å². The fourth-order valence-electron chi connectivity index (χ4n) is 2.84. The fourth-order valence-corrected chi connectivity index (χ4v) is 2.84. The molecule has 0 aliphatic heterocycles. The number of methoxy groups -OCH3 is 1. The van der Waals surface area contributed by atoms with Crippen LogP contribution >= 0.6 is 0 Å². The molecule has 19 heavy (non-hydrogen) atoms. The smallest absolute Gasteiger partial charge is 0.240 e. The van der Waals surface area contributed by atoms with Crippen molar-refractivity contribution in [1.82, 2.24) is 15.3 Å². The fraction of sp³-hybridized carbons (Fsp3) is 0.333. The Morgan fingerprint density at radius 1 is 1.26 bits per heavy atom. The second-order valence-electron chi connectivity index (χ2n) is 4.67. The number of nitrogens with zero attached hydrogens (tertiary/aromatic N) is 2.